The van der Waals surface area contributed by atoms with Crippen molar-refractivity contribution in [3.8, 4) is 0 Å². The normalized spacial score (nSPS) is 12.5. The zero-order valence-electron chi connectivity index (χ0n) is 19.1. The number of likely N-dealkylation sites (N-methyl/N-ethyl adjacent to an activating group) is 1. The van der Waals surface area contributed by atoms with Crippen LogP contribution in [0.25, 0.3) is 0 Å². The first kappa shape index (κ1) is 27.1. The van der Waals surface area contributed by atoms with Gasteiger partial charge in [-0.25, -0.2) is 8.42 Å². The highest BCUT2D eigenvalue weighted by molar-refractivity contribution is 7.89. The van der Waals surface area contributed by atoms with Crippen molar-refractivity contribution in [1.82, 2.24) is 14.5 Å². The number of benzene rings is 2. The topological polar surface area (TPSA) is 86.8 Å². The van der Waals surface area contributed by atoms with Gasteiger partial charge in [-0.1, -0.05) is 53.9 Å². The first-order valence-corrected chi connectivity index (χ1v) is 12.7. The van der Waals surface area contributed by atoms with E-state index in [1.54, 1.807) is 37.3 Å². The molecule has 0 unspecified atom stereocenters. The van der Waals surface area contributed by atoms with Crippen molar-refractivity contribution in [3.05, 3.63) is 63.6 Å². The van der Waals surface area contributed by atoms with E-state index >= 15 is 0 Å². The van der Waals surface area contributed by atoms with Gasteiger partial charge < -0.3 is 10.2 Å². The van der Waals surface area contributed by atoms with Crippen molar-refractivity contribution in [3.63, 3.8) is 0 Å². The molecular formula is C23H29Cl2N3O4S. The lowest BCUT2D eigenvalue weighted by molar-refractivity contribution is -0.140. The molecule has 10 heteroatoms. The average Bonchev–Trinajstić information content (AvgIpc) is 2.77. The lowest BCUT2D eigenvalue weighted by Gasteiger charge is -2.30. The molecule has 0 saturated heterocycles. The largest absolute Gasteiger partial charge is 0.354 e. The summed E-state index contributed by atoms with van der Waals surface area (Å²) >= 11 is 12.1. The van der Waals surface area contributed by atoms with Crippen LogP contribution in [0.4, 0.5) is 0 Å². The summed E-state index contributed by atoms with van der Waals surface area (Å²) in [4.78, 5) is 27.3. The molecule has 2 aromatic carbocycles. The van der Waals surface area contributed by atoms with Crippen LogP contribution in [0, 0.1) is 6.92 Å². The van der Waals surface area contributed by atoms with Crippen LogP contribution >= 0.6 is 23.2 Å². The number of amides is 2. The van der Waals surface area contributed by atoms with E-state index in [2.05, 4.69) is 5.32 Å². The standard InChI is InChI=1S/C23H29Cl2N3O4S/c1-5-12-26-23(30)17(3)28(14-18-8-11-20(24)21(25)13-18)22(29)15-27(4)33(31,32)19-9-6-16(2)7-10-19/h6-11,13,17H,5,12,14-15H2,1-4H3,(H,26,30)/t17-/m1/s1. The van der Waals surface area contributed by atoms with Gasteiger partial charge in [-0.2, -0.15) is 4.31 Å². The van der Waals surface area contributed by atoms with Crippen LogP contribution in [0.3, 0.4) is 0 Å². The Hall–Kier alpha value is -2.13. The summed E-state index contributed by atoms with van der Waals surface area (Å²) in [6.07, 6.45) is 0.747. The molecule has 2 aromatic rings. The molecule has 0 bridgehead atoms. The van der Waals surface area contributed by atoms with E-state index in [9.17, 15) is 18.0 Å². The highest BCUT2D eigenvalue weighted by atomic mass is 35.5. The molecule has 0 fully saturated rings. The van der Waals surface area contributed by atoms with E-state index in [1.807, 2.05) is 13.8 Å². The van der Waals surface area contributed by atoms with Crippen LogP contribution in [-0.4, -0.2) is 55.6 Å². The lowest BCUT2D eigenvalue weighted by atomic mass is 10.1. The molecule has 0 spiro atoms. The maximum absolute atomic E-state index is 13.2. The van der Waals surface area contributed by atoms with Crippen LogP contribution in [0.1, 0.15) is 31.4 Å². The minimum atomic E-state index is -3.88. The van der Waals surface area contributed by atoms with Crippen molar-refractivity contribution < 1.29 is 18.0 Å². The summed E-state index contributed by atoms with van der Waals surface area (Å²) in [7, 11) is -2.54. The molecule has 7 nitrogen and oxygen atoms in total. The Kier molecular flexibility index (Phi) is 9.72. The SMILES string of the molecule is CCCNC(=O)[C@@H](C)N(Cc1ccc(Cl)c(Cl)c1)C(=O)CN(C)S(=O)(=O)c1ccc(C)cc1. The minimum absolute atomic E-state index is 0.0643. The van der Waals surface area contributed by atoms with Gasteiger partial charge in [0.25, 0.3) is 0 Å². The Morgan fingerprint density at radius 2 is 1.70 bits per heavy atom. The maximum Gasteiger partial charge on any atom is 0.243 e. The number of carbonyl (C=O) groups is 2. The number of nitrogens with one attached hydrogen (secondary N) is 1. The monoisotopic (exact) mass is 513 g/mol. The van der Waals surface area contributed by atoms with Crippen molar-refractivity contribution in [2.75, 3.05) is 20.1 Å². The summed E-state index contributed by atoms with van der Waals surface area (Å²) in [5.74, 6) is -0.840. The van der Waals surface area contributed by atoms with Gasteiger partial charge in [0, 0.05) is 20.1 Å². The van der Waals surface area contributed by atoms with Gasteiger partial charge in [0.2, 0.25) is 21.8 Å². The zero-order chi connectivity index (χ0) is 24.8. The molecule has 2 rings (SSSR count). The van der Waals surface area contributed by atoms with Crippen molar-refractivity contribution >= 4 is 45.0 Å². The van der Waals surface area contributed by atoms with Gasteiger partial charge in [-0.15, -0.1) is 0 Å². The molecule has 0 heterocycles. The number of nitrogens with zero attached hydrogens (tertiary/aromatic N) is 2. The second kappa shape index (κ2) is 11.8. The van der Waals surface area contributed by atoms with Gasteiger partial charge in [-0.3, -0.25) is 9.59 Å². The van der Waals surface area contributed by atoms with Gasteiger partial charge in [0.05, 0.1) is 21.5 Å². The summed E-state index contributed by atoms with van der Waals surface area (Å²) in [6, 6.07) is 10.5. The molecule has 0 aromatic heterocycles. The first-order valence-electron chi connectivity index (χ1n) is 10.5. The van der Waals surface area contributed by atoms with E-state index in [0.717, 1.165) is 16.3 Å². The van der Waals surface area contributed by atoms with Gasteiger partial charge in [-0.05, 0) is 50.1 Å². The summed E-state index contributed by atoms with van der Waals surface area (Å²) in [5.41, 5.74) is 1.59. The Morgan fingerprint density at radius 1 is 1.06 bits per heavy atom. The smallest absolute Gasteiger partial charge is 0.243 e. The quantitative estimate of drug-likeness (QED) is 0.522. The number of aryl methyl sites for hydroxylation is 1. The predicted octanol–water partition coefficient (Wildman–Crippen LogP) is 3.87. The number of halogens is 2. The van der Waals surface area contributed by atoms with Gasteiger partial charge in [0.15, 0.2) is 0 Å². The van der Waals surface area contributed by atoms with Crippen LogP contribution in [-0.2, 0) is 26.2 Å². The number of hydrogen-bond donors (Lipinski definition) is 1. The average molecular weight is 514 g/mol. The number of sulfonamides is 1. The summed E-state index contributed by atoms with van der Waals surface area (Å²) in [5, 5.41) is 3.47. The molecule has 33 heavy (non-hydrogen) atoms. The van der Waals surface area contributed by atoms with E-state index in [-0.39, 0.29) is 17.3 Å². The van der Waals surface area contributed by atoms with Crippen LogP contribution in [0.2, 0.25) is 10.0 Å². The van der Waals surface area contributed by atoms with Gasteiger partial charge in [0.1, 0.15) is 6.04 Å². The maximum atomic E-state index is 13.2. The third-order valence-corrected chi connectivity index (χ3v) is 7.70. The third kappa shape index (κ3) is 7.17. The fourth-order valence-corrected chi connectivity index (χ4v) is 4.51. The fourth-order valence-electron chi connectivity index (χ4n) is 3.07. The first-order chi connectivity index (χ1) is 15.5. The van der Waals surface area contributed by atoms with Crippen molar-refractivity contribution in [2.24, 2.45) is 0 Å². The van der Waals surface area contributed by atoms with Crippen LogP contribution in [0.5, 0.6) is 0 Å². The van der Waals surface area contributed by atoms with Crippen molar-refractivity contribution in [2.45, 2.75) is 44.7 Å². The molecule has 0 aliphatic heterocycles. The van der Waals surface area contributed by atoms with Crippen LogP contribution in [0.15, 0.2) is 47.4 Å². The molecular weight excluding hydrogens is 485 g/mol. The summed E-state index contributed by atoms with van der Waals surface area (Å²) in [6.45, 7) is 5.50. The minimum Gasteiger partial charge on any atom is -0.354 e. The molecule has 0 aliphatic carbocycles. The molecule has 180 valence electrons. The van der Waals surface area contributed by atoms with E-state index in [4.69, 9.17) is 23.2 Å². The highest BCUT2D eigenvalue weighted by Crippen LogP contribution is 2.24. The van der Waals surface area contributed by atoms with Crippen molar-refractivity contribution in [1.29, 1.82) is 0 Å². The zero-order valence-corrected chi connectivity index (χ0v) is 21.5. The van der Waals surface area contributed by atoms with E-state index < -0.39 is 28.5 Å². The molecule has 0 radical (unpaired) electrons. The lowest BCUT2D eigenvalue weighted by Crippen LogP contribution is -2.50. The number of hydrogen-bond acceptors (Lipinski definition) is 4. The van der Waals surface area contributed by atoms with Crippen LogP contribution < -0.4 is 5.32 Å². The predicted molar refractivity (Wildman–Crippen MR) is 131 cm³/mol. The second-order valence-corrected chi connectivity index (χ2v) is 10.7. The number of rotatable bonds is 10. The summed E-state index contributed by atoms with van der Waals surface area (Å²) < 4.78 is 26.8. The Labute approximate surface area is 205 Å². The Balaban J connectivity index is 2.28. The fraction of sp³-hybridized carbons (Fsp3) is 0.391. The Bertz CT molecular complexity index is 1090. The molecule has 0 saturated carbocycles. The number of carbonyl (C=O) groups excluding carboxylic acids is 2. The second-order valence-electron chi connectivity index (χ2n) is 7.81. The highest BCUT2D eigenvalue weighted by Gasteiger charge is 2.30. The molecule has 0 aliphatic rings. The Morgan fingerprint density at radius 3 is 2.27 bits per heavy atom. The molecule has 1 N–H and O–H groups in total. The third-order valence-electron chi connectivity index (χ3n) is 5.14. The van der Waals surface area contributed by atoms with E-state index in [0.29, 0.717) is 22.2 Å². The molecule has 1 atom stereocenters. The molecule has 2 amide bonds. The van der Waals surface area contributed by atoms with Gasteiger partial charge >= 0.3 is 0 Å². The van der Waals surface area contributed by atoms with E-state index in [1.165, 1.54) is 24.1 Å².